The van der Waals surface area contributed by atoms with Crippen LogP contribution in [0.25, 0.3) is 0 Å². The molecule has 0 radical (unpaired) electrons. The second-order valence-electron chi connectivity index (χ2n) is 7.42. The van der Waals surface area contributed by atoms with Crippen LogP contribution in [0.2, 0.25) is 0 Å². The molecule has 9 heteroatoms. The summed E-state index contributed by atoms with van der Waals surface area (Å²) in [5.74, 6) is -0.870. The highest BCUT2D eigenvalue weighted by Gasteiger charge is 2.32. The molecule has 1 aromatic rings. The van der Waals surface area contributed by atoms with Crippen molar-refractivity contribution in [2.24, 2.45) is 11.7 Å². The molecule has 0 aromatic heterocycles. The van der Waals surface area contributed by atoms with Crippen LogP contribution in [0.5, 0.6) is 0 Å². The molecule has 2 amide bonds. The van der Waals surface area contributed by atoms with Crippen LogP contribution >= 0.6 is 0 Å². The highest BCUT2D eigenvalue weighted by molar-refractivity contribution is 5.96. The molecule has 2 aliphatic heterocycles. The van der Waals surface area contributed by atoms with E-state index in [4.69, 9.17) is 5.73 Å². The van der Waals surface area contributed by atoms with E-state index in [-0.39, 0.29) is 30.0 Å². The Labute approximate surface area is 161 Å². The zero-order valence-corrected chi connectivity index (χ0v) is 15.6. The number of hydrogen-bond donors (Lipinski definition) is 2. The van der Waals surface area contributed by atoms with E-state index >= 15 is 0 Å². The quantitative estimate of drug-likeness (QED) is 0.799. The number of primary amides is 1. The summed E-state index contributed by atoms with van der Waals surface area (Å²) >= 11 is 0. The molecule has 0 aliphatic carbocycles. The number of amides is 2. The number of piperidine rings is 1. The molecule has 3 N–H and O–H groups in total. The van der Waals surface area contributed by atoms with E-state index in [9.17, 15) is 22.8 Å². The number of nitrogens with one attached hydrogen (secondary N) is 1. The van der Waals surface area contributed by atoms with Gasteiger partial charge >= 0.3 is 6.18 Å². The summed E-state index contributed by atoms with van der Waals surface area (Å²) < 4.78 is 39.3. The number of nitrogens with zero attached hydrogens (tertiary/aromatic N) is 2. The van der Waals surface area contributed by atoms with Gasteiger partial charge in [-0.2, -0.15) is 13.2 Å². The Morgan fingerprint density at radius 1 is 1.11 bits per heavy atom. The lowest BCUT2D eigenvalue weighted by Crippen LogP contribution is -2.42. The molecule has 0 spiro atoms. The third-order valence-corrected chi connectivity index (χ3v) is 5.40. The average Bonchev–Trinajstić information content (AvgIpc) is 3.15. The van der Waals surface area contributed by atoms with Crippen molar-refractivity contribution < 1.29 is 22.8 Å². The fourth-order valence-corrected chi connectivity index (χ4v) is 3.81. The molecule has 0 bridgehead atoms. The highest BCUT2D eigenvalue weighted by atomic mass is 19.4. The molecule has 0 saturated carbocycles. The van der Waals surface area contributed by atoms with Crippen molar-refractivity contribution in [1.82, 2.24) is 4.90 Å². The summed E-state index contributed by atoms with van der Waals surface area (Å²) in [6, 6.07) is 3.49. The number of benzene rings is 1. The Balaban J connectivity index is 1.69. The zero-order chi connectivity index (χ0) is 20.3. The number of halogens is 3. The van der Waals surface area contributed by atoms with Gasteiger partial charge in [0.1, 0.15) is 0 Å². The molecule has 28 heavy (non-hydrogen) atoms. The van der Waals surface area contributed by atoms with E-state index in [1.165, 1.54) is 6.07 Å². The van der Waals surface area contributed by atoms with E-state index in [0.717, 1.165) is 38.1 Å². The Morgan fingerprint density at radius 3 is 2.32 bits per heavy atom. The molecule has 0 unspecified atom stereocenters. The average molecular weight is 398 g/mol. The molecule has 2 heterocycles. The number of nitrogens with two attached hydrogens (primary N) is 1. The molecule has 6 nitrogen and oxygen atoms in total. The van der Waals surface area contributed by atoms with E-state index in [1.807, 2.05) is 9.80 Å². The van der Waals surface area contributed by atoms with Gasteiger partial charge in [0, 0.05) is 19.0 Å². The molecule has 2 saturated heterocycles. The molecular formula is C19H25F3N4O2. The molecule has 0 atom stereocenters. The fourth-order valence-electron chi connectivity index (χ4n) is 3.81. The summed E-state index contributed by atoms with van der Waals surface area (Å²) in [7, 11) is 0. The van der Waals surface area contributed by atoms with E-state index < -0.39 is 11.7 Å². The van der Waals surface area contributed by atoms with Crippen LogP contribution in [0.4, 0.5) is 24.5 Å². The molecule has 154 valence electrons. The van der Waals surface area contributed by atoms with Gasteiger partial charge in [-0.3, -0.25) is 14.5 Å². The van der Waals surface area contributed by atoms with Crippen molar-refractivity contribution in [2.45, 2.75) is 31.9 Å². The number of likely N-dealkylation sites (tertiary alicyclic amines) is 1. The first-order valence-corrected chi connectivity index (χ1v) is 9.52. The Morgan fingerprint density at radius 2 is 1.75 bits per heavy atom. The number of hydrogen-bond acceptors (Lipinski definition) is 4. The lowest BCUT2D eigenvalue weighted by Gasteiger charge is -2.30. The number of anilines is 2. The van der Waals surface area contributed by atoms with Crippen molar-refractivity contribution in [3.05, 3.63) is 23.8 Å². The van der Waals surface area contributed by atoms with Gasteiger partial charge in [-0.15, -0.1) is 0 Å². The maximum absolute atomic E-state index is 13.1. The summed E-state index contributed by atoms with van der Waals surface area (Å²) in [4.78, 5) is 27.6. The SMILES string of the molecule is NC(=O)C1CCN(CC(=O)Nc2cc(C(F)(F)F)ccc2N2CCCC2)CC1. The largest absolute Gasteiger partial charge is 0.416 e. The van der Waals surface area contributed by atoms with Gasteiger partial charge in [0.05, 0.1) is 23.5 Å². The van der Waals surface area contributed by atoms with Crippen molar-refractivity contribution in [3.8, 4) is 0 Å². The maximum atomic E-state index is 13.1. The van der Waals surface area contributed by atoms with Crippen LogP contribution in [0.3, 0.4) is 0 Å². The smallest absolute Gasteiger partial charge is 0.370 e. The second-order valence-corrected chi connectivity index (χ2v) is 7.42. The minimum atomic E-state index is -4.47. The lowest BCUT2D eigenvalue weighted by molar-refractivity contribution is -0.137. The van der Waals surface area contributed by atoms with Gasteiger partial charge in [-0.05, 0) is 57.0 Å². The zero-order valence-electron chi connectivity index (χ0n) is 15.6. The first-order chi connectivity index (χ1) is 13.2. The summed E-state index contributed by atoms with van der Waals surface area (Å²) in [6.45, 7) is 2.70. The number of carbonyl (C=O) groups excluding carboxylic acids is 2. The third kappa shape index (κ3) is 4.95. The molecule has 3 rings (SSSR count). The van der Waals surface area contributed by atoms with Crippen LogP contribution in [0.15, 0.2) is 18.2 Å². The number of carbonyl (C=O) groups is 2. The third-order valence-electron chi connectivity index (χ3n) is 5.40. The Bertz CT molecular complexity index is 724. The summed E-state index contributed by atoms with van der Waals surface area (Å²) in [5.41, 5.74) is 5.33. The van der Waals surface area contributed by atoms with Gasteiger partial charge in [0.25, 0.3) is 0 Å². The normalized spacial score (nSPS) is 19.0. The van der Waals surface area contributed by atoms with Gasteiger partial charge in [-0.25, -0.2) is 0 Å². The van der Waals surface area contributed by atoms with Crippen LogP contribution in [0, 0.1) is 5.92 Å². The standard InChI is InChI=1S/C19H25F3N4O2/c20-19(21,22)14-3-4-16(26-7-1-2-8-26)15(11-14)24-17(27)12-25-9-5-13(6-10-25)18(23)28/h3-4,11,13H,1-2,5-10,12H2,(H2,23,28)(H,24,27). The lowest BCUT2D eigenvalue weighted by atomic mass is 9.96. The van der Waals surface area contributed by atoms with Gasteiger partial charge in [0.15, 0.2) is 0 Å². The fraction of sp³-hybridized carbons (Fsp3) is 0.579. The Kier molecular flexibility index (Phi) is 6.12. The van der Waals surface area contributed by atoms with E-state index in [2.05, 4.69) is 5.32 Å². The first kappa shape index (κ1) is 20.4. The number of alkyl halides is 3. The molecule has 1 aromatic carbocycles. The van der Waals surface area contributed by atoms with Crippen molar-refractivity contribution in [1.29, 1.82) is 0 Å². The van der Waals surface area contributed by atoms with Gasteiger partial charge in [0.2, 0.25) is 11.8 Å². The topological polar surface area (TPSA) is 78.7 Å². The van der Waals surface area contributed by atoms with Crippen molar-refractivity contribution in [2.75, 3.05) is 42.9 Å². The maximum Gasteiger partial charge on any atom is 0.416 e. The minimum absolute atomic E-state index is 0.0706. The van der Waals surface area contributed by atoms with Crippen LogP contribution in [-0.2, 0) is 15.8 Å². The summed E-state index contributed by atoms with van der Waals surface area (Å²) in [6.07, 6.45) is -1.34. The second kappa shape index (κ2) is 8.38. The first-order valence-electron chi connectivity index (χ1n) is 9.52. The minimum Gasteiger partial charge on any atom is -0.370 e. The van der Waals surface area contributed by atoms with E-state index in [0.29, 0.717) is 31.6 Å². The summed E-state index contributed by atoms with van der Waals surface area (Å²) in [5, 5.41) is 2.67. The number of rotatable bonds is 5. The van der Waals surface area contributed by atoms with Crippen LogP contribution in [-0.4, -0.2) is 49.4 Å². The van der Waals surface area contributed by atoms with Crippen LogP contribution < -0.4 is 16.0 Å². The predicted octanol–water partition coefficient (Wildman–Crippen LogP) is 2.44. The Hall–Kier alpha value is -2.29. The van der Waals surface area contributed by atoms with Crippen LogP contribution in [0.1, 0.15) is 31.2 Å². The van der Waals surface area contributed by atoms with Crippen molar-refractivity contribution >= 4 is 23.2 Å². The molecular weight excluding hydrogens is 373 g/mol. The highest BCUT2D eigenvalue weighted by Crippen LogP contribution is 2.36. The van der Waals surface area contributed by atoms with E-state index in [1.54, 1.807) is 0 Å². The molecule has 2 aliphatic rings. The van der Waals surface area contributed by atoms with Gasteiger partial charge < -0.3 is 16.0 Å². The van der Waals surface area contributed by atoms with Crippen molar-refractivity contribution in [3.63, 3.8) is 0 Å². The predicted molar refractivity (Wildman–Crippen MR) is 99.9 cm³/mol. The molecule has 2 fully saturated rings. The monoisotopic (exact) mass is 398 g/mol. The van der Waals surface area contributed by atoms with Gasteiger partial charge in [-0.1, -0.05) is 0 Å².